The van der Waals surface area contributed by atoms with E-state index >= 15 is 0 Å². The number of carbonyl (C=O) groups excluding carboxylic acids is 2. The van der Waals surface area contributed by atoms with E-state index in [1.165, 1.54) is 14.2 Å². The second kappa shape index (κ2) is 8.74. The molecule has 0 spiro atoms. The van der Waals surface area contributed by atoms with Gasteiger partial charge in [0, 0.05) is 37.7 Å². The fraction of sp³-hybridized carbons (Fsp3) is 0.579. The third-order valence-corrected chi connectivity index (χ3v) is 4.46. The average Bonchev–Trinajstić information content (AvgIpc) is 2.60. The number of ether oxygens (including phenoxy) is 2. The quantitative estimate of drug-likeness (QED) is 0.857. The molecule has 1 aliphatic heterocycles. The molecule has 0 saturated carbocycles. The Hall–Kier alpha value is -2.24. The third kappa shape index (κ3) is 5.37. The van der Waals surface area contributed by atoms with E-state index in [-0.39, 0.29) is 11.8 Å². The van der Waals surface area contributed by atoms with E-state index in [1.807, 2.05) is 4.90 Å². The van der Waals surface area contributed by atoms with E-state index < -0.39 is 0 Å². The van der Waals surface area contributed by atoms with Crippen molar-refractivity contribution in [3.63, 3.8) is 0 Å². The second-order valence-corrected chi connectivity index (χ2v) is 6.85. The fourth-order valence-electron chi connectivity index (χ4n) is 3.35. The van der Waals surface area contributed by atoms with Crippen LogP contribution in [0.1, 0.15) is 37.0 Å². The summed E-state index contributed by atoms with van der Waals surface area (Å²) in [6.07, 6.45) is 1.48. The summed E-state index contributed by atoms with van der Waals surface area (Å²) in [7, 11) is 3.07. The van der Waals surface area contributed by atoms with Gasteiger partial charge in [-0.15, -0.1) is 0 Å². The molecule has 0 aliphatic carbocycles. The molecular formula is C19H28N2O4. The number of amides is 2. The molecule has 1 aromatic rings. The lowest BCUT2D eigenvalue weighted by atomic mass is 9.92. The van der Waals surface area contributed by atoms with E-state index in [9.17, 15) is 9.59 Å². The summed E-state index contributed by atoms with van der Waals surface area (Å²) >= 11 is 0. The molecule has 6 heteroatoms. The third-order valence-electron chi connectivity index (χ3n) is 4.46. The van der Waals surface area contributed by atoms with Gasteiger partial charge >= 0.3 is 0 Å². The van der Waals surface area contributed by atoms with Gasteiger partial charge in [0.05, 0.1) is 14.2 Å². The van der Waals surface area contributed by atoms with Crippen LogP contribution in [0.5, 0.6) is 11.5 Å². The number of methoxy groups -OCH3 is 2. The zero-order chi connectivity index (χ0) is 18.4. The monoisotopic (exact) mass is 348 g/mol. The minimum absolute atomic E-state index is 0.0990. The molecule has 0 aromatic heterocycles. The van der Waals surface area contributed by atoms with E-state index in [0.717, 1.165) is 19.5 Å². The highest BCUT2D eigenvalue weighted by Crippen LogP contribution is 2.23. The molecule has 2 rings (SSSR count). The van der Waals surface area contributed by atoms with Crippen LogP contribution in [-0.2, 0) is 4.79 Å². The number of benzene rings is 1. The lowest BCUT2D eigenvalue weighted by Crippen LogP contribution is -2.43. The van der Waals surface area contributed by atoms with Crippen LogP contribution in [0.3, 0.4) is 0 Å². The molecule has 25 heavy (non-hydrogen) atoms. The van der Waals surface area contributed by atoms with Gasteiger partial charge in [0.15, 0.2) is 0 Å². The lowest BCUT2D eigenvalue weighted by Gasteiger charge is -2.35. The minimum Gasteiger partial charge on any atom is -0.497 e. The number of hydrogen-bond donors (Lipinski definition) is 1. The van der Waals surface area contributed by atoms with E-state index in [0.29, 0.717) is 41.9 Å². The van der Waals surface area contributed by atoms with Gasteiger partial charge in [0.1, 0.15) is 11.5 Å². The van der Waals surface area contributed by atoms with Gasteiger partial charge in [-0.2, -0.15) is 0 Å². The minimum atomic E-state index is -0.245. The Balaban J connectivity index is 1.87. The van der Waals surface area contributed by atoms with Crippen molar-refractivity contribution in [1.29, 1.82) is 0 Å². The van der Waals surface area contributed by atoms with Crippen LogP contribution >= 0.6 is 0 Å². The number of nitrogens with zero attached hydrogens (tertiary/aromatic N) is 1. The van der Waals surface area contributed by atoms with Crippen LogP contribution in [-0.4, -0.2) is 50.6 Å². The summed E-state index contributed by atoms with van der Waals surface area (Å²) in [6.45, 7) is 6.28. The van der Waals surface area contributed by atoms with Gasteiger partial charge in [0.25, 0.3) is 5.91 Å². The number of hydrogen-bond acceptors (Lipinski definition) is 4. The molecule has 1 aromatic carbocycles. The van der Waals surface area contributed by atoms with Crippen LogP contribution in [0.2, 0.25) is 0 Å². The van der Waals surface area contributed by atoms with Crippen molar-refractivity contribution in [3.8, 4) is 11.5 Å². The van der Waals surface area contributed by atoms with Crippen molar-refractivity contribution in [2.45, 2.75) is 26.7 Å². The molecule has 1 heterocycles. The molecule has 0 bridgehead atoms. The van der Waals surface area contributed by atoms with Gasteiger partial charge in [-0.3, -0.25) is 9.59 Å². The van der Waals surface area contributed by atoms with Gasteiger partial charge in [-0.1, -0.05) is 13.8 Å². The van der Waals surface area contributed by atoms with Gasteiger partial charge < -0.3 is 19.7 Å². The molecule has 138 valence electrons. The zero-order valence-electron chi connectivity index (χ0n) is 15.5. The first kappa shape index (κ1) is 19.1. The summed E-state index contributed by atoms with van der Waals surface area (Å²) in [4.78, 5) is 26.6. The molecule has 2 atom stereocenters. The number of rotatable bonds is 6. The summed E-state index contributed by atoms with van der Waals surface area (Å²) < 4.78 is 10.3. The first-order chi connectivity index (χ1) is 11.9. The average molecular weight is 348 g/mol. The van der Waals surface area contributed by atoms with Crippen molar-refractivity contribution in [2.24, 2.45) is 11.8 Å². The van der Waals surface area contributed by atoms with Crippen LogP contribution < -0.4 is 14.8 Å². The Morgan fingerprint density at radius 2 is 1.64 bits per heavy atom. The molecule has 1 aliphatic rings. The molecule has 0 unspecified atom stereocenters. The summed E-state index contributed by atoms with van der Waals surface area (Å²) in [5.74, 6) is 2.03. The van der Waals surface area contributed by atoms with Gasteiger partial charge in [-0.25, -0.2) is 0 Å². The second-order valence-electron chi connectivity index (χ2n) is 6.85. The molecule has 1 saturated heterocycles. The molecule has 0 radical (unpaired) electrons. The Bertz CT molecular complexity index is 585. The maximum absolute atomic E-state index is 12.3. The highest BCUT2D eigenvalue weighted by Gasteiger charge is 2.25. The molecule has 6 nitrogen and oxygen atoms in total. The van der Waals surface area contributed by atoms with Crippen molar-refractivity contribution in [3.05, 3.63) is 23.8 Å². The number of piperidine rings is 1. The first-order valence-corrected chi connectivity index (χ1v) is 8.72. The number of likely N-dealkylation sites (tertiary alicyclic amines) is 1. The maximum Gasteiger partial charge on any atom is 0.251 e. The van der Waals surface area contributed by atoms with Crippen LogP contribution in [0, 0.1) is 11.8 Å². The van der Waals surface area contributed by atoms with Crippen LogP contribution in [0.4, 0.5) is 0 Å². The number of carbonyl (C=O) groups is 2. The Morgan fingerprint density at radius 3 is 2.16 bits per heavy atom. The summed E-state index contributed by atoms with van der Waals surface area (Å²) in [5.41, 5.74) is 0.448. The highest BCUT2D eigenvalue weighted by atomic mass is 16.5. The van der Waals surface area contributed by atoms with Crippen molar-refractivity contribution >= 4 is 11.8 Å². The fourth-order valence-corrected chi connectivity index (χ4v) is 3.35. The molecule has 1 N–H and O–H groups in total. The lowest BCUT2D eigenvalue weighted by molar-refractivity contribution is -0.133. The Labute approximate surface area is 149 Å². The van der Waals surface area contributed by atoms with Gasteiger partial charge in [-0.05, 0) is 30.4 Å². The first-order valence-electron chi connectivity index (χ1n) is 8.72. The SMILES string of the molecule is COc1cc(OC)cc(C(=O)NCCC(=O)N2C[C@H](C)C[C@@H](C)C2)c1. The topological polar surface area (TPSA) is 67.9 Å². The van der Waals surface area contributed by atoms with Gasteiger partial charge in [0.2, 0.25) is 5.91 Å². The van der Waals surface area contributed by atoms with E-state index in [1.54, 1.807) is 18.2 Å². The van der Waals surface area contributed by atoms with E-state index in [2.05, 4.69) is 19.2 Å². The van der Waals surface area contributed by atoms with Crippen LogP contribution in [0.15, 0.2) is 18.2 Å². The predicted octanol–water partition coefficient (Wildman–Crippen LogP) is 2.33. The standard InChI is InChI=1S/C19H28N2O4/c1-13-7-14(2)12-21(11-13)18(22)5-6-20-19(23)15-8-16(24-3)10-17(9-15)25-4/h8-10,13-14H,5-7,11-12H2,1-4H3,(H,20,23)/t13-,14-/m1/s1. The largest absolute Gasteiger partial charge is 0.497 e. The smallest absolute Gasteiger partial charge is 0.251 e. The molecule has 1 fully saturated rings. The van der Waals surface area contributed by atoms with Crippen molar-refractivity contribution in [2.75, 3.05) is 33.9 Å². The Morgan fingerprint density at radius 1 is 1.08 bits per heavy atom. The normalized spacial score (nSPS) is 20.1. The van der Waals surface area contributed by atoms with Crippen molar-refractivity contribution < 1.29 is 19.1 Å². The number of nitrogens with one attached hydrogen (secondary N) is 1. The highest BCUT2D eigenvalue weighted by molar-refractivity contribution is 5.95. The zero-order valence-corrected chi connectivity index (χ0v) is 15.5. The molecular weight excluding hydrogens is 320 g/mol. The van der Waals surface area contributed by atoms with Crippen LogP contribution in [0.25, 0.3) is 0 Å². The van der Waals surface area contributed by atoms with Crippen molar-refractivity contribution in [1.82, 2.24) is 10.2 Å². The van der Waals surface area contributed by atoms with E-state index in [4.69, 9.17) is 9.47 Å². The predicted molar refractivity (Wildman–Crippen MR) is 96.0 cm³/mol. The molecule has 2 amide bonds. The Kier molecular flexibility index (Phi) is 6.67. The summed E-state index contributed by atoms with van der Waals surface area (Å²) in [6, 6.07) is 5.00. The summed E-state index contributed by atoms with van der Waals surface area (Å²) in [5, 5.41) is 2.80. The maximum atomic E-state index is 12.3.